The molecule has 0 unspecified atom stereocenters. The Kier molecular flexibility index (Phi) is 3.65. The lowest BCUT2D eigenvalue weighted by Crippen LogP contribution is -2.13. The quantitative estimate of drug-likeness (QED) is 0.796. The SMILES string of the molecule is Cc1cc(C(=O)Nc2ccc3c(c2)CCC3)nn1-c1ccccc1. The van der Waals surface area contributed by atoms with Crippen molar-refractivity contribution in [2.24, 2.45) is 0 Å². The van der Waals surface area contributed by atoms with Gasteiger partial charge in [-0.3, -0.25) is 4.79 Å². The van der Waals surface area contributed by atoms with Gasteiger partial charge in [0.1, 0.15) is 0 Å². The van der Waals surface area contributed by atoms with Gasteiger partial charge in [-0.15, -0.1) is 0 Å². The Morgan fingerprint density at radius 3 is 2.67 bits per heavy atom. The van der Waals surface area contributed by atoms with Crippen LogP contribution < -0.4 is 5.32 Å². The second-order valence-corrected chi connectivity index (χ2v) is 6.21. The number of fused-ring (bicyclic) bond motifs is 1. The molecule has 0 aliphatic heterocycles. The molecular weight excluding hydrogens is 298 g/mol. The number of para-hydroxylation sites is 1. The first-order valence-electron chi connectivity index (χ1n) is 8.26. The molecule has 1 heterocycles. The Morgan fingerprint density at radius 2 is 1.83 bits per heavy atom. The van der Waals surface area contributed by atoms with Crippen molar-refractivity contribution >= 4 is 11.6 Å². The Morgan fingerprint density at radius 1 is 1.04 bits per heavy atom. The maximum absolute atomic E-state index is 12.5. The van der Waals surface area contributed by atoms with E-state index >= 15 is 0 Å². The van der Waals surface area contributed by atoms with E-state index in [2.05, 4.69) is 22.5 Å². The van der Waals surface area contributed by atoms with Crippen LogP contribution in [0.4, 0.5) is 5.69 Å². The highest BCUT2D eigenvalue weighted by Gasteiger charge is 2.15. The van der Waals surface area contributed by atoms with E-state index in [0.717, 1.165) is 29.9 Å². The molecule has 0 fully saturated rings. The van der Waals surface area contributed by atoms with E-state index in [-0.39, 0.29) is 5.91 Å². The molecular formula is C20H19N3O. The molecule has 0 atom stereocenters. The number of hydrogen-bond donors (Lipinski definition) is 1. The van der Waals surface area contributed by atoms with Crippen molar-refractivity contribution in [2.75, 3.05) is 5.32 Å². The van der Waals surface area contributed by atoms with E-state index in [1.807, 2.05) is 49.4 Å². The molecule has 1 N–H and O–H groups in total. The average molecular weight is 317 g/mol. The minimum Gasteiger partial charge on any atom is -0.321 e. The number of anilines is 1. The predicted octanol–water partition coefficient (Wildman–Crippen LogP) is 3.92. The molecule has 24 heavy (non-hydrogen) atoms. The maximum atomic E-state index is 12.5. The first-order valence-corrected chi connectivity index (χ1v) is 8.26. The lowest BCUT2D eigenvalue weighted by molar-refractivity contribution is 0.102. The zero-order valence-electron chi connectivity index (χ0n) is 13.6. The Balaban J connectivity index is 1.57. The third-order valence-electron chi connectivity index (χ3n) is 4.48. The molecule has 1 amide bonds. The first kappa shape index (κ1) is 14.7. The monoisotopic (exact) mass is 317 g/mol. The smallest absolute Gasteiger partial charge is 0.276 e. The average Bonchev–Trinajstić information content (AvgIpc) is 3.21. The molecule has 0 bridgehead atoms. The molecule has 0 saturated carbocycles. The second-order valence-electron chi connectivity index (χ2n) is 6.21. The summed E-state index contributed by atoms with van der Waals surface area (Å²) in [5, 5.41) is 7.42. The molecule has 0 radical (unpaired) electrons. The van der Waals surface area contributed by atoms with E-state index in [9.17, 15) is 4.79 Å². The van der Waals surface area contributed by atoms with E-state index in [4.69, 9.17) is 0 Å². The van der Waals surface area contributed by atoms with Crippen molar-refractivity contribution in [1.82, 2.24) is 9.78 Å². The predicted molar refractivity (Wildman–Crippen MR) is 94.7 cm³/mol. The van der Waals surface area contributed by atoms with Gasteiger partial charge in [-0.25, -0.2) is 4.68 Å². The second kappa shape index (κ2) is 5.96. The molecule has 4 rings (SSSR count). The number of rotatable bonds is 3. The molecule has 120 valence electrons. The number of hydrogen-bond acceptors (Lipinski definition) is 2. The molecule has 4 nitrogen and oxygen atoms in total. The van der Waals surface area contributed by atoms with Gasteiger partial charge in [0.15, 0.2) is 5.69 Å². The van der Waals surface area contributed by atoms with Crippen LogP contribution in [0, 0.1) is 6.92 Å². The zero-order valence-corrected chi connectivity index (χ0v) is 13.6. The zero-order chi connectivity index (χ0) is 16.5. The summed E-state index contributed by atoms with van der Waals surface area (Å²) in [4.78, 5) is 12.5. The lowest BCUT2D eigenvalue weighted by Gasteiger charge is -2.06. The Hall–Kier alpha value is -2.88. The van der Waals surface area contributed by atoms with Gasteiger partial charge in [0, 0.05) is 11.4 Å². The van der Waals surface area contributed by atoms with Crippen molar-refractivity contribution in [3.8, 4) is 5.69 Å². The number of carbonyl (C=O) groups is 1. The third-order valence-corrected chi connectivity index (χ3v) is 4.48. The number of aryl methyl sites for hydroxylation is 3. The van der Waals surface area contributed by atoms with Gasteiger partial charge in [0.25, 0.3) is 5.91 Å². The minimum atomic E-state index is -0.175. The lowest BCUT2D eigenvalue weighted by atomic mass is 10.1. The summed E-state index contributed by atoms with van der Waals surface area (Å²) in [6, 6.07) is 17.8. The largest absolute Gasteiger partial charge is 0.321 e. The number of amides is 1. The standard InChI is InChI=1S/C20H19N3O/c1-14-12-19(22-23(14)18-8-3-2-4-9-18)20(24)21-17-11-10-15-6-5-7-16(15)13-17/h2-4,8-13H,5-7H2,1H3,(H,21,24). The molecule has 1 aliphatic carbocycles. The van der Waals surface area contributed by atoms with Crippen LogP contribution in [0.3, 0.4) is 0 Å². The number of aromatic nitrogens is 2. The maximum Gasteiger partial charge on any atom is 0.276 e. The number of benzene rings is 2. The highest BCUT2D eigenvalue weighted by Crippen LogP contribution is 2.25. The number of nitrogens with zero attached hydrogens (tertiary/aromatic N) is 2. The van der Waals surface area contributed by atoms with Crippen molar-refractivity contribution in [2.45, 2.75) is 26.2 Å². The fourth-order valence-corrected chi connectivity index (χ4v) is 3.26. The third kappa shape index (κ3) is 2.71. The van der Waals surface area contributed by atoms with Gasteiger partial charge in [0.05, 0.1) is 5.69 Å². The molecule has 0 spiro atoms. The van der Waals surface area contributed by atoms with Crippen LogP contribution in [-0.2, 0) is 12.8 Å². The van der Waals surface area contributed by atoms with Gasteiger partial charge in [0.2, 0.25) is 0 Å². The van der Waals surface area contributed by atoms with Crippen LogP contribution in [-0.4, -0.2) is 15.7 Å². The summed E-state index contributed by atoms with van der Waals surface area (Å²) in [5.41, 5.74) is 5.90. The van der Waals surface area contributed by atoms with Crippen molar-refractivity contribution in [3.05, 3.63) is 77.1 Å². The number of carbonyl (C=O) groups excluding carboxylic acids is 1. The summed E-state index contributed by atoms with van der Waals surface area (Å²) in [5.74, 6) is -0.175. The molecule has 0 saturated heterocycles. The van der Waals surface area contributed by atoms with Gasteiger partial charge in [-0.2, -0.15) is 5.10 Å². The fraction of sp³-hybridized carbons (Fsp3) is 0.200. The summed E-state index contributed by atoms with van der Waals surface area (Å²) < 4.78 is 1.79. The summed E-state index contributed by atoms with van der Waals surface area (Å²) >= 11 is 0. The molecule has 3 aromatic rings. The summed E-state index contributed by atoms with van der Waals surface area (Å²) in [6.07, 6.45) is 3.44. The summed E-state index contributed by atoms with van der Waals surface area (Å²) in [6.45, 7) is 1.95. The van der Waals surface area contributed by atoms with Crippen LogP contribution in [0.1, 0.15) is 33.7 Å². The molecule has 1 aliphatic rings. The highest BCUT2D eigenvalue weighted by atomic mass is 16.1. The van der Waals surface area contributed by atoms with E-state index < -0.39 is 0 Å². The Labute approximate surface area is 141 Å². The number of nitrogens with one attached hydrogen (secondary N) is 1. The van der Waals surface area contributed by atoms with Gasteiger partial charge in [-0.05, 0) is 67.6 Å². The van der Waals surface area contributed by atoms with Crippen LogP contribution in [0.2, 0.25) is 0 Å². The van der Waals surface area contributed by atoms with E-state index in [0.29, 0.717) is 5.69 Å². The normalized spacial score (nSPS) is 12.9. The van der Waals surface area contributed by atoms with Gasteiger partial charge >= 0.3 is 0 Å². The first-order chi connectivity index (χ1) is 11.7. The van der Waals surface area contributed by atoms with Crippen LogP contribution in [0.25, 0.3) is 5.69 Å². The fourth-order valence-electron chi connectivity index (χ4n) is 3.26. The molecule has 2 aromatic carbocycles. The van der Waals surface area contributed by atoms with Crippen molar-refractivity contribution < 1.29 is 4.79 Å². The highest BCUT2D eigenvalue weighted by molar-refractivity contribution is 6.03. The Bertz CT molecular complexity index is 897. The van der Waals surface area contributed by atoms with Crippen LogP contribution >= 0.6 is 0 Å². The minimum absolute atomic E-state index is 0.175. The topological polar surface area (TPSA) is 46.9 Å². The summed E-state index contributed by atoms with van der Waals surface area (Å²) in [7, 11) is 0. The van der Waals surface area contributed by atoms with Crippen molar-refractivity contribution in [1.29, 1.82) is 0 Å². The van der Waals surface area contributed by atoms with E-state index in [1.165, 1.54) is 17.5 Å². The van der Waals surface area contributed by atoms with Crippen LogP contribution in [0.15, 0.2) is 54.6 Å². The molecule has 4 heteroatoms. The van der Waals surface area contributed by atoms with Gasteiger partial charge < -0.3 is 5.32 Å². The van der Waals surface area contributed by atoms with E-state index in [1.54, 1.807) is 4.68 Å². The van der Waals surface area contributed by atoms with Gasteiger partial charge in [-0.1, -0.05) is 24.3 Å². The molecule has 1 aromatic heterocycles. The van der Waals surface area contributed by atoms with Crippen LogP contribution in [0.5, 0.6) is 0 Å². The van der Waals surface area contributed by atoms with Crippen molar-refractivity contribution in [3.63, 3.8) is 0 Å².